The van der Waals surface area contributed by atoms with Gasteiger partial charge in [0, 0.05) is 91.9 Å². The number of benzene rings is 7. The van der Waals surface area contributed by atoms with Crippen LogP contribution in [0.1, 0.15) is 72.8 Å². The predicted octanol–water partition coefficient (Wildman–Crippen LogP) is 18.7. The van der Waals surface area contributed by atoms with Gasteiger partial charge in [-0.15, -0.1) is 5.73 Å². The normalized spacial score (nSPS) is 19.6. The zero-order chi connectivity index (χ0) is 52.6. The van der Waals surface area contributed by atoms with E-state index < -0.39 is 0 Å². The number of fused-ring (bicyclic) bond motifs is 13. The number of anilines is 1. The molecule has 78 heavy (non-hydrogen) atoms. The van der Waals surface area contributed by atoms with Gasteiger partial charge in [0.1, 0.15) is 46.4 Å². The molecule has 0 amide bonds. The third-order valence-electron chi connectivity index (χ3n) is 16.6. The van der Waals surface area contributed by atoms with Crippen LogP contribution in [-0.4, -0.2) is 17.1 Å². The Hall–Kier alpha value is -9.22. The molecule has 0 bridgehead atoms. The minimum atomic E-state index is -0.109. The Morgan fingerprint density at radius 2 is 1.32 bits per heavy atom. The van der Waals surface area contributed by atoms with Gasteiger partial charge in [0.25, 0.3) is 0 Å². The lowest BCUT2D eigenvalue weighted by Gasteiger charge is -2.31. The highest BCUT2D eigenvalue weighted by Gasteiger charge is 2.42. The van der Waals surface area contributed by atoms with Crippen LogP contribution in [0.4, 0.5) is 5.69 Å². The smallest absolute Gasteiger partial charge is 0.135 e. The van der Waals surface area contributed by atoms with E-state index in [9.17, 15) is 0 Å². The first-order chi connectivity index (χ1) is 38.3. The maximum atomic E-state index is 6.91. The van der Waals surface area contributed by atoms with Gasteiger partial charge in [-0.05, 0) is 156 Å². The van der Waals surface area contributed by atoms with Crippen molar-refractivity contribution in [1.82, 2.24) is 4.90 Å². The number of para-hydroxylation sites is 1. The molecule has 6 heteroatoms. The molecule has 0 fully saturated rings. The van der Waals surface area contributed by atoms with Crippen molar-refractivity contribution in [2.45, 2.75) is 65.1 Å². The number of rotatable bonds is 10. The lowest BCUT2D eigenvalue weighted by molar-refractivity contribution is 0.184. The zero-order valence-electron chi connectivity index (χ0n) is 44.3. The van der Waals surface area contributed by atoms with Gasteiger partial charge >= 0.3 is 0 Å². The molecular formula is C72H58N2O4. The van der Waals surface area contributed by atoms with Crippen LogP contribution < -0.4 is 14.4 Å². The summed E-state index contributed by atoms with van der Waals surface area (Å²) in [6, 6.07) is 45.4. The number of ether oxygens (including phenoxy) is 2. The van der Waals surface area contributed by atoms with Crippen LogP contribution in [0.2, 0.25) is 0 Å². The van der Waals surface area contributed by atoms with Crippen molar-refractivity contribution in [3.05, 3.63) is 269 Å². The zero-order valence-corrected chi connectivity index (χ0v) is 44.3. The summed E-state index contributed by atoms with van der Waals surface area (Å²) in [5, 5.41) is 9.23. The Balaban J connectivity index is 0.760. The Kier molecular flexibility index (Phi) is 11.6. The summed E-state index contributed by atoms with van der Waals surface area (Å²) in [6.45, 7) is 13.3. The lowest BCUT2D eigenvalue weighted by Crippen LogP contribution is -2.27. The average molecular weight is 1020 g/mol. The van der Waals surface area contributed by atoms with Crippen molar-refractivity contribution in [1.29, 1.82) is 0 Å². The summed E-state index contributed by atoms with van der Waals surface area (Å²) in [5.74, 6) is 4.36. The van der Waals surface area contributed by atoms with E-state index in [1.165, 1.54) is 43.9 Å². The Labute approximate surface area is 454 Å². The Morgan fingerprint density at radius 1 is 0.641 bits per heavy atom. The highest BCUT2D eigenvalue weighted by molar-refractivity contribution is 6.07. The molecule has 2 aliphatic heterocycles. The molecule has 9 aromatic rings. The molecule has 6 nitrogen and oxygen atoms in total. The summed E-state index contributed by atoms with van der Waals surface area (Å²) >= 11 is 0. The van der Waals surface area contributed by atoms with Crippen LogP contribution in [0.25, 0.3) is 72.0 Å². The fourth-order valence-corrected chi connectivity index (χ4v) is 12.9. The van der Waals surface area contributed by atoms with Gasteiger partial charge in [-0.1, -0.05) is 123 Å². The minimum Gasteiger partial charge on any atom is -0.489 e. The first kappa shape index (κ1) is 47.2. The van der Waals surface area contributed by atoms with Crippen LogP contribution in [-0.2, 0) is 0 Å². The van der Waals surface area contributed by atoms with Gasteiger partial charge in [0.05, 0.1) is 5.70 Å². The molecule has 5 aliphatic rings. The molecule has 0 spiro atoms. The SMILES string of the molecule is C=C(/C=C\c1c(C)oc2cc3cc4c(/C=C\C(=C/C)N(C5=CCC(C)C6c7c(ccc8ccccc78)OC6C5)c5ccccc5)c(C)oc4cc3cc12)N(C1=CC=CC=C=C1)C1=CC=C2c3c(ccc4ccccc34)OC2C1. The number of furan rings is 2. The van der Waals surface area contributed by atoms with Crippen molar-refractivity contribution in [3.63, 3.8) is 0 Å². The van der Waals surface area contributed by atoms with Gasteiger partial charge < -0.3 is 28.1 Å². The second-order valence-electron chi connectivity index (χ2n) is 21.3. The van der Waals surface area contributed by atoms with E-state index in [1.807, 2.05) is 31.2 Å². The van der Waals surface area contributed by atoms with Crippen LogP contribution in [0.5, 0.6) is 11.5 Å². The quantitative estimate of drug-likeness (QED) is 0.100. The van der Waals surface area contributed by atoms with E-state index in [1.54, 1.807) is 0 Å². The van der Waals surface area contributed by atoms with Gasteiger partial charge in [-0.2, -0.15) is 0 Å². The predicted molar refractivity (Wildman–Crippen MR) is 321 cm³/mol. The van der Waals surface area contributed by atoms with Crippen LogP contribution in [0.3, 0.4) is 0 Å². The molecule has 380 valence electrons. The van der Waals surface area contributed by atoms with Crippen molar-refractivity contribution in [3.8, 4) is 11.5 Å². The summed E-state index contributed by atoms with van der Waals surface area (Å²) in [6.07, 6.45) is 30.2. The maximum absolute atomic E-state index is 6.91. The fourth-order valence-electron chi connectivity index (χ4n) is 12.9. The number of allylic oxidation sites excluding steroid dienone is 10. The van der Waals surface area contributed by atoms with Crippen molar-refractivity contribution >= 4 is 77.7 Å². The van der Waals surface area contributed by atoms with Crippen molar-refractivity contribution in [2.75, 3.05) is 4.90 Å². The number of hydrogen-bond acceptors (Lipinski definition) is 6. The monoisotopic (exact) mass is 1010 g/mol. The van der Waals surface area contributed by atoms with Crippen molar-refractivity contribution in [2.24, 2.45) is 5.92 Å². The van der Waals surface area contributed by atoms with Gasteiger partial charge in [0.2, 0.25) is 0 Å². The van der Waals surface area contributed by atoms with E-state index in [4.69, 9.17) is 18.3 Å². The highest BCUT2D eigenvalue weighted by atomic mass is 16.5. The Morgan fingerprint density at radius 3 is 2.06 bits per heavy atom. The van der Waals surface area contributed by atoms with Crippen LogP contribution >= 0.6 is 0 Å². The molecule has 4 heterocycles. The fraction of sp³-hybridized carbons (Fsp3) is 0.153. The summed E-state index contributed by atoms with van der Waals surface area (Å²) < 4.78 is 26.7. The van der Waals surface area contributed by atoms with Crippen molar-refractivity contribution < 1.29 is 18.3 Å². The van der Waals surface area contributed by atoms with E-state index in [0.29, 0.717) is 18.3 Å². The molecule has 0 saturated carbocycles. The molecule has 4 unspecified atom stereocenters. The van der Waals surface area contributed by atoms with Crippen LogP contribution in [0, 0.1) is 19.8 Å². The van der Waals surface area contributed by atoms with E-state index in [0.717, 1.165) is 108 Å². The van der Waals surface area contributed by atoms with Gasteiger partial charge in [-0.3, -0.25) is 0 Å². The molecule has 7 aromatic carbocycles. The summed E-state index contributed by atoms with van der Waals surface area (Å²) in [4.78, 5) is 4.64. The Bertz CT molecular complexity index is 4330. The first-order valence-electron chi connectivity index (χ1n) is 27.3. The van der Waals surface area contributed by atoms with Crippen LogP contribution in [0.15, 0.2) is 244 Å². The number of nitrogens with zero attached hydrogens (tertiary/aromatic N) is 2. The second kappa shape index (κ2) is 19.1. The molecule has 3 aliphatic carbocycles. The lowest BCUT2D eigenvalue weighted by atomic mass is 9.81. The molecule has 0 radical (unpaired) electrons. The largest absolute Gasteiger partial charge is 0.489 e. The average Bonchev–Trinajstić information content (AvgIpc) is 4.27. The third kappa shape index (κ3) is 8.02. The second-order valence-corrected chi connectivity index (χ2v) is 21.3. The highest BCUT2D eigenvalue weighted by Crippen LogP contribution is 2.51. The standard InChI is InChI=1S/C72H58N2O4/c1-6-52(74(54-22-12-9-13-23-54)56-30-26-44(2)70-69(43-56)78-65-37-29-49-19-15-17-25-60(49)72(65)70)31-34-58-47(5)76-67-41-50-38-62-57(46(4)75-66(62)40-51(50)39-63(58)67)33-27-45(3)73(53-20-10-7-8-11-21-53)55-32-35-61-68(42-55)77-64-36-28-48-18-14-16-24-59(48)71(61)64/h6-10,12-25,27-41,44,68-70H,3,26,42-43H2,1-2,4-5H3/b33-27-,34-31-,52-6+. The third-order valence-corrected chi connectivity index (χ3v) is 16.6. The van der Waals surface area contributed by atoms with E-state index in [2.05, 4.69) is 225 Å². The number of aryl methyl sites for hydroxylation is 2. The molecule has 2 aromatic heterocycles. The summed E-state index contributed by atoms with van der Waals surface area (Å²) in [7, 11) is 0. The minimum absolute atomic E-state index is 0.0276. The van der Waals surface area contributed by atoms with Gasteiger partial charge in [-0.25, -0.2) is 0 Å². The first-order valence-corrected chi connectivity index (χ1v) is 27.3. The maximum Gasteiger partial charge on any atom is 0.135 e. The molecule has 4 atom stereocenters. The molecule has 14 rings (SSSR count). The topological polar surface area (TPSA) is 51.2 Å². The molecule has 0 saturated heterocycles. The summed E-state index contributed by atoms with van der Waals surface area (Å²) in [5.41, 5.74) is 17.1. The molecule has 0 N–H and O–H groups in total. The van der Waals surface area contributed by atoms with E-state index >= 15 is 0 Å². The van der Waals surface area contributed by atoms with Gasteiger partial charge in [0.15, 0.2) is 0 Å². The van der Waals surface area contributed by atoms with E-state index in [-0.39, 0.29) is 12.2 Å². The molecular weight excluding hydrogens is 957 g/mol. The number of hydrogen-bond donors (Lipinski definition) is 0.